The Bertz CT molecular complexity index is 484. The number of nitrogens with one attached hydrogen (secondary N) is 1. The maximum Gasteiger partial charge on any atom is 0.287 e. The van der Waals surface area contributed by atoms with Crippen LogP contribution in [0.3, 0.4) is 0 Å². The zero-order valence-corrected chi connectivity index (χ0v) is 11.5. The van der Waals surface area contributed by atoms with Crippen molar-refractivity contribution in [3.05, 3.63) is 28.1 Å². The van der Waals surface area contributed by atoms with Crippen LogP contribution >= 0.6 is 0 Å². The second kappa shape index (κ2) is 6.62. The van der Waals surface area contributed by atoms with Crippen LogP contribution in [0.1, 0.15) is 30.3 Å². The predicted molar refractivity (Wildman–Crippen MR) is 72.9 cm³/mol. The molecule has 0 bridgehead atoms. The van der Waals surface area contributed by atoms with Crippen LogP contribution in [0.2, 0.25) is 0 Å². The molecule has 1 aromatic rings. The SMILES string of the molecule is CCOC1CCCN(CC(=O)c2cc([N+](=O)[O-])c[nH]2)C1. The van der Waals surface area contributed by atoms with Crippen LogP contribution in [0.25, 0.3) is 0 Å². The third kappa shape index (κ3) is 3.64. The van der Waals surface area contributed by atoms with Gasteiger partial charge in [-0.2, -0.15) is 0 Å². The van der Waals surface area contributed by atoms with Gasteiger partial charge in [-0.25, -0.2) is 0 Å². The molecule has 1 saturated heterocycles. The first-order valence-corrected chi connectivity index (χ1v) is 6.80. The molecule has 0 spiro atoms. The Hall–Kier alpha value is -1.73. The molecule has 1 N–H and O–H groups in total. The Morgan fingerprint density at radius 2 is 2.45 bits per heavy atom. The lowest BCUT2D eigenvalue weighted by molar-refractivity contribution is -0.384. The average molecular weight is 281 g/mol. The van der Waals surface area contributed by atoms with E-state index in [0.717, 1.165) is 25.9 Å². The number of aromatic amines is 1. The molecule has 0 amide bonds. The van der Waals surface area contributed by atoms with Crippen molar-refractivity contribution in [3.8, 4) is 0 Å². The molecule has 7 nitrogen and oxygen atoms in total. The van der Waals surface area contributed by atoms with E-state index in [9.17, 15) is 14.9 Å². The number of ether oxygens (including phenoxy) is 1. The van der Waals surface area contributed by atoms with E-state index >= 15 is 0 Å². The van der Waals surface area contributed by atoms with Crippen LogP contribution < -0.4 is 0 Å². The molecule has 2 heterocycles. The number of aromatic nitrogens is 1. The van der Waals surface area contributed by atoms with Crippen molar-refractivity contribution >= 4 is 11.5 Å². The van der Waals surface area contributed by atoms with Crippen molar-refractivity contribution in [1.82, 2.24) is 9.88 Å². The van der Waals surface area contributed by atoms with Gasteiger partial charge in [-0.15, -0.1) is 0 Å². The van der Waals surface area contributed by atoms with Crippen molar-refractivity contribution in [1.29, 1.82) is 0 Å². The molecule has 1 aliphatic heterocycles. The van der Waals surface area contributed by atoms with Crippen molar-refractivity contribution in [3.63, 3.8) is 0 Å². The summed E-state index contributed by atoms with van der Waals surface area (Å²) < 4.78 is 5.59. The molecule has 1 atom stereocenters. The number of Topliss-reactive ketones (excluding diaryl/α,β-unsaturated/α-hetero) is 1. The summed E-state index contributed by atoms with van der Waals surface area (Å²) in [7, 11) is 0. The fourth-order valence-corrected chi connectivity index (χ4v) is 2.47. The van der Waals surface area contributed by atoms with E-state index in [2.05, 4.69) is 4.98 Å². The monoisotopic (exact) mass is 281 g/mol. The quantitative estimate of drug-likeness (QED) is 0.486. The smallest absolute Gasteiger partial charge is 0.287 e. The van der Waals surface area contributed by atoms with Crippen molar-refractivity contribution in [2.45, 2.75) is 25.9 Å². The molecule has 1 aromatic heterocycles. The molecular formula is C13H19N3O4. The van der Waals surface area contributed by atoms with Crippen molar-refractivity contribution in [2.75, 3.05) is 26.2 Å². The predicted octanol–water partition coefficient (Wildman–Crippen LogP) is 1.61. The van der Waals surface area contributed by atoms with Gasteiger partial charge in [0.15, 0.2) is 5.78 Å². The molecular weight excluding hydrogens is 262 g/mol. The molecule has 0 saturated carbocycles. The van der Waals surface area contributed by atoms with E-state index in [1.54, 1.807) is 0 Å². The number of carbonyl (C=O) groups excluding carboxylic acids is 1. The van der Waals surface area contributed by atoms with E-state index in [0.29, 0.717) is 6.61 Å². The fourth-order valence-electron chi connectivity index (χ4n) is 2.47. The van der Waals surface area contributed by atoms with Crippen LogP contribution in [0.5, 0.6) is 0 Å². The molecule has 0 radical (unpaired) electrons. The number of hydrogen-bond acceptors (Lipinski definition) is 5. The summed E-state index contributed by atoms with van der Waals surface area (Å²) in [5.41, 5.74) is 0.203. The molecule has 110 valence electrons. The topological polar surface area (TPSA) is 88.5 Å². The van der Waals surface area contributed by atoms with Gasteiger partial charge in [0.25, 0.3) is 5.69 Å². The summed E-state index contributed by atoms with van der Waals surface area (Å²) >= 11 is 0. The van der Waals surface area contributed by atoms with Gasteiger partial charge in [-0.1, -0.05) is 0 Å². The Labute approximate surface area is 117 Å². The lowest BCUT2D eigenvalue weighted by Crippen LogP contribution is -2.42. The minimum atomic E-state index is -0.515. The van der Waals surface area contributed by atoms with Crippen LogP contribution in [0.4, 0.5) is 5.69 Å². The summed E-state index contributed by atoms with van der Waals surface area (Å²) in [5.74, 6) is -0.129. The zero-order valence-electron chi connectivity index (χ0n) is 11.5. The maximum atomic E-state index is 12.1. The summed E-state index contributed by atoms with van der Waals surface area (Å²) in [4.78, 5) is 26.9. The van der Waals surface area contributed by atoms with Crippen LogP contribution in [0, 0.1) is 10.1 Å². The van der Waals surface area contributed by atoms with Gasteiger partial charge in [0.1, 0.15) is 0 Å². The number of H-pyrrole nitrogens is 1. The van der Waals surface area contributed by atoms with Crippen LogP contribution in [0.15, 0.2) is 12.3 Å². The van der Waals surface area contributed by atoms with Gasteiger partial charge in [-0.3, -0.25) is 19.8 Å². The fraction of sp³-hybridized carbons (Fsp3) is 0.615. The number of rotatable bonds is 6. The van der Waals surface area contributed by atoms with Gasteiger partial charge < -0.3 is 9.72 Å². The molecule has 7 heteroatoms. The van der Waals surface area contributed by atoms with Gasteiger partial charge in [0.05, 0.1) is 29.5 Å². The number of piperidine rings is 1. The summed E-state index contributed by atoms with van der Waals surface area (Å²) in [6.45, 7) is 4.50. The number of carbonyl (C=O) groups is 1. The van der Waals surface area contributed by atoms with E-state index in [4.69, 9.17) is 4.74 Å². The Morgan fingerprint density at radius 1 is 1.65 bits per heavy atom. The zero-order chi connectivity index (χ0) is 14.5. The van der Waals surface area contributed by atoms with E-state index in [-0.39, 0.29) is 29.8 Å². The molecule has 1 unspecified atom stereocenters. The molecule has 0 aliphatic carbocycles. The number of hydrogen-bond donors (Lipinski definition) is 1. The highest BCUT2D eigenvalue weighted by molar-refractivity contribution is 5.96. The molecule has 1 aliphatic rings. The molecule has 0 aromatic carbocycles. The lowest BCUT2D eigenvalue weighted by Gasteiger charge is -2.31. The highest BCUT2D eigenvalue weighted by atomic mass is 16.6. The third-order valence-electron chi connectivity index (χ3n) is 3.41. The van der Waals surface area contributed by atoms with Gasteiger partial charge in [0, 0.05) is 19.2 Å². The first-order chi connectivity index (χ1) is 9.60. The highest BCUT2D eigenvalue weighted by Gasteiger charge is 2.23. The van der Waals surface area contributed by atoms with Gasteiger partial charge in [0.2, 0.25) is 0 Å². The maximum absolute atomic E-state index is 12.1. The Balaban J connectivity index is 1.91. The first kappa shape index (κ1) is 14.7. The number of likely N-dealkylation sites (tertiary alicyclic amines) is 1. The second-order valence-electron chi connectivity index (χ2n) is 4.91. The summed E-state index contributed by atoms with van der Waals surface area (Å²) in [6, 6.07) is 1.28. The normalized spacial score (nSPS) is 19.9. The number of nitrogens with zero attached hydrogens (tertiary/aromatic N) is 2. The minimum absolute atomic E-state index is 0.0841. The Morgan fingerprint density at radius 3 is 3.10 bits per heavy atom. The molecule has 2 rings (SSSR count). The Kier molecular flexibility index (Phi) is 4.86. The van der Waals surface area contributed by atoms with Crippen molar-refractivity contribution in [2.24, 2.45) is 0 Å². The molecule has 1 fully saturated rings. The van der Waals surface area contributed by atoms with Crippen molar-refractivity contribution < 1.29 is 14.5 Å². The highest BCUT2D eigenvalue weighted by Crippen LogP contribution is 2.16. The van der Waals surface area contributed by atoms with E-state index < -0.39 is 4.92 Å². The second-order valence-corrected chi connectivity index (χ2v) is 4.91. The van der Waals surface area contributed by atoms with Gasteiger partial charge in [-0.05, 0) is 26.3 Å². The minimum Gasteiger partial charge on any atom is -0.377 e. The first-order valence-electron chi connectivity index (χ1n) is 6.80. The summed E-state index contributed by atoms with van der Waals surface area (Å²) in [6.07, 6.45) is 3.45. The lowest BCUT2D eigenvalue weighted by atomic mass is 10.1. The standard InChI is InChI=1S/C13H19N3O4/c1-2-20-11-4-3-5-15(8-11)9-13(17)12-6-10(7-14-12)16(18)19/h6-7,11,14H,2-5,8-9H2,1H3. The number of nitro groups is 1. The average Bonchev–Trinajstić information content (AvgIpc) is 2.89. The largest absolute Gasteiger partial charge is 0.377 e. The van der Waals surface area contributed by atoms with E-state index in [1.807, 2.05) is 11.8 Å². The molecule has 20 heavy (non-hydrogen) atoms. The summed E-state index contributed by atoms with van der Waals surface area (Å²) in [5, 5.41) is 10.6. The van der Waals surface area contributed by atoms with Gasteiger partial charge >= 0.3 is 0 Å². The van der Waals surface area contributed by atoms with E-state index in [1.165, 1.54) is 12.3 Å². The van der Waals surface area contributed by atoms with Crippen LogP contribution in [-0.2, 0) is 4.74 Å². The third-order valence-corrected chi connectivity index (χ3v) is 3.41. The van der Waals surface area contributed by atoms with Crippen LogP contribution in [-0.4, -0.2) is 52.9 Å². The number of ketones is 1.